The summed E-state index contributed by atoms with van der Waals surface area (Å²) in [5.74, 6) is 0.669. The maximum absolute atomic E-state index is 12.4. The van der Waals surface area contributed by atoms with Gasteiger partial charge < -0.3 is 5.73 Å². The van der Waals surface area contributed by atoms with E-state index in [2.05, 4.69) is 12.1 Å². The molecule has 0 saturated carbocycles. The van der Waals surface area contributed by atoms with Crippen LogP contribution >= 0.6 is 0 Å². The van der Waals surface area contributed by atoms with Crippen molar-refractivity contribution in [2.75, 3.05) is 11.5 Å². The average molecular weight is 285 g/mol. The number of nitrogen functional groups attached to an aromatic ring is 1. The molecule has 1 unspecified atom stereocenters. The van der Waals surface area contributed by atoms with Crippen LogP contribution in [0.2, 0.25) is 0 Å². The second kappa shape index (κ2) is 5.80. The summed E-state index contributed by atoms with van der Waals surface area (Å²) in [4.78, 5) is 0.973. The Morgan fingerprint density at radius 3 is 2.55 bits per heavy atom. The summed E-state index contributed by atoms with van der Waals surface area (Å²) in [6, 6.07) is 14.1. The number of hydrogen-bond acceptors (Lipinski definition) is 2. The molecule has 2 aromatic carbocycles. The molecule has 3 heteroatoms. The highest BCUT2D eigenvalue weighted by molar-refractivity contribution is 7.85. The van der Waals surface area contributed by atoms with Gasteiger partial charge in [-0.05, 0) is 66.6 Å². The predicted octanol–water partition coefficient (Wildman–Crippen LogP) is 3.11. The Bertz CT molecular complexity index is 634. The summed E-state index contributed by atoms with van der Waals surface area (Å²) in [5.41, 5.74) is 10.5. The molecule has 1 atom stereocenters. The lowest BCUT2D eigenvalue weighted by atomic mass is 10.1. The van der Waals surface area contributed by atoms with Crippen LogP contribution in [-0.2, 0) is 30.1 Å². The summed E-state index contributed by atoms with van der Waals surface area (Å²) in [5, 5.41) is 0. The zero-order valence-corrected chi connectivity index (χ0v) is 12.3. The molecule has 104 valence electrons. The van der Waals surface area contributed by atoms with Crippen molar-refractivity contribution in [1.29, 1.82) is 0 Å². The highest BCUT2D eigenvalue weighted by atomic mass is 32.2. The van der Waals surface area contributed by atoms with Crippen molar-refractivity contribution < 1.29 is 4.21 Å². The number of hydrogen-bond donors (Lipinski definition) is 1. The van der Waals surface area contributed by atoms with Gasteiger partial charge in [-0.25, -0.2) is 0 Å². The van der Waals surface area contributed by atoms with Crippen LogP contribution in [0, 0.1) is 0 Å². The monoisotopic (exact) mass is 285 g/mol. The van der Waals surface area contributed by atoms with Gasteiger partial charge in [0.2, 0.25) is 0 Å². The minimum atomic E-state index is -0.913. The molecule has 20 heavy (non-hydrogen) atoms. The molecule has 0 aromatic heterocycles. The van der Waals surface area contributed by atoms with Crippen LogP contribution in [0.15, 0.2) is 47.4 Å². The van der Waals surface area contributed by atoms with Crippen LogP contribution < -0.4 is 5.73 Å². The fourth-order valence-electron chi connectivity index (χ4n) is 2.70. The molecule has 0 bridgehead atoms. The first kappa shape index (κ1) is 13.4. The molecule has 0 heterocycles. The van der Waals surface area contributed by atoms with Gasteiger partial charge in [0, 0.05) is 16.3 Å². The van der Waals surface area contributed by atoms with Gasteiger partial charge in [0.05, 0.1) is 10.8 Å². The molecule has 0 amide bonds. The Hall–Kier alpha value is -1.61. The largest absolute Gasteiger partial charge is 0.399 e. The molecule has 0 aliphatic heterocycles. The van der Waals surface area contributed by atoms with E-state index >= 15 is 0 Å². The topological polar surface area (TPSA) is 43.1 Å². The molecular formula is C17H19NOS. The number of anilines is 1. The van der Waals surface area contributed by atoms with Crippen molar-refractivity contribution in [3.8, 4) is 0 Å². The van der Waals surface area contributed by atoms with Gasteiger partial charge in [0.15, 0.2) is 0 Å². The Balaban J connectivity index is 1.66. The Kier molecular flexibility index (Phi) is 3.88. The van der Waals surface area contributed by atoms with Gasteiger partial charge in [-0.2, -0.15) is 0 Å². The smallest absolute Gasteiger partial charge is 0.0532 e. The van der Waals surface area contributed by atoms with Gasteiger partial charge in [-0.1, -0.05) is 18.2 Å². The average Bonchev–Trinajstić information content (AvgIpc) is 2.93. The first-order valence-electron chi connectivity index (χ1n) is 7.07. The quantitative estimate of drug-likeness (QED) is 0.877. The minimum Gasteiger partial charge on any atom is -0.399 e. The predicted molar refractivity (Wildman–Crippen MR) is 84.3 cm³/mol. The normalized spacial score (nSPS) is 15.0. The van der Waals surface area contributed by atoms with Crippen LogP contribution in [0.1, 0.15) is 23.1 Å². The fourth-order valence-corrected chi connectivity index (χ4v) is 3.85. The molecule has 0 saturated heterocycles. The lowest BCUT2D eigenvalue weighted by molar-refractivity contribution is 0.682. The molecule has 0 fully saturated rings. The minimum absolute atomic E-state index is 0.669. The molecule has 1 aliphatic rings. The van der Waals surface area contributed by atoms with Gasteiger partial charge in [0.1, 0.15) is 0 Å². The van der Waals surface area contributed by atoms with Gasteiger partial charge in [0.25, 0.3) is 0 Å². The van der Waals surface area contributed by atoms with Crippen LogP contribution in [-0.4, -0.2) is 9.96 Å². The molecule has 0 spiro atoms. The summed E-state index contributed by atoms with van der Waals surface area (Å²) in [6.07, 6.45) is 4.37. The Morgan fingerprint density at radius 2 is 1.75 bits per heavy atom. The number of benzene rings is 2. The fraction of sp³-hybridized carbons (Fsp3) is 0.294. The molecule has 2 nitrogen and oxygen atoms in total. The van der Waals surface area contributed by atoms with E-state index in [0.717, 1.165) is 23.4 Å². The Morgan fingerprint density at radius 1 is 1.00 bits per heavy atom. The lowest BCUT2D eigenvalue weighted by Gasteiger charge is -2.06. The van der Waals surface area contributed by atoms with E-state index < -0.39 is 10.8 Å². The van der Waals surface area contributed by atoms with E-state index in [1.165, 1.54) is 29.5 Å². The number of fused-ring (bicyclic) bond motifs is 1. The van der Waals surface area contributed by atoms with E-state index in [1.54, 1.807) is 0 Å². The summed E-state index contributed by atoms with van der Waals surface area (Å²) in [6.45, 7) is 0. The van der Waals surface area contributed by atoms with E-state index in [9.17, 15) is 4.21 Å². The molecule has 2 N–H and O–H groups in total. The molecule has 0 radical (unpaired) electrons. The molecule has 1 aliphatic carbocycles. The van der Waals surface area contributed by atoms with E-state index in [1.807, 2.05) is 30.3 Å². The van der Waals surface area contributed by atoms with Crippen molar-refractivity contribution in [2.24, 2.45) is 0 Å². The van der Waals surface area contributed by atoms with E-state index in [0.29, 0.717) is 5.75 Å². The van der Waals surface area contributed by atoms with Crippen molar-refractivity contribution >= 4 is 16.5 Å². The zero-order valence-electron chi connectivity index (χ0n) is 11.5. The third-order valence-electron chi connectivity index (χ3n) is 3.89. The second-order valence-corrected chi connectivity index (χ2v) is 6.90. The van der Waals surface area contributed by atoms with Crippen molar-refractivity contribution in [1.82, 2.24) is 0 Å². The molecule has 3 rings (SSSR count). The van der Waals surface area contributed by atoms with Gasteiger partial charge >= 0.3 is 0 Å². The first-order chi connectivity index (χ1) is 9.72. The molecular weight excluding hydrogens is 266 g/mol. The molecule has 2 aromatic rings. The van der Waals surface area contributed by atoms with Crippen LogP contribution in [0.5, 0.6) is 0 Å². The first-order valence-corrected chi connectivity index (χ1v) is 8.39. The third kappa shape index (κ3) is 2.93. The van der Waals surface area contributed by atoms with Gasteiger partial charge in [-0.15, -0.1) is 0 Å². The number of nitrogens with two attached hydrogens (primary N) is 1. The van der Waals surface area contributed by atoms with Crippen molar-refractivity contribution in [3.05, 3.63) is 59.2 Å². The Labute approximate surface area is 122 Å². The van der Waals surface area contributed by atoms with Gasteiger partial charge in [-0.3, -0.25) is 4.21 Å². The maximum atomic E-state index is 12.4. The summed E-state index contributed by atoms with van der Waals surface area (Å²) >= 11 is 0. The number of aryl methyl sites for hydroxylation is 3. The summed E-state index contributed by atoms with van der Waals surface area (Å²) in [7, 11) is -0.913. The van der Waals surface area contributed by atoms with Crippen molar-refractivity contribution in [2.45, 2.75) is 30.6 Å². The highest BCUT2D eigenvalue weighted by Gasteiger charge is 2.13. The summed E-state index contributed by atoms with van der Waals surface area (Å²) < 4.78 is 12.4. The number of rotatable bonds is 4. The van der Waals surface area contributed by atoms with Crippen LogP contribution in [0.3, 0.4) is 0 Å². The SMILES string of the molecule is Nc1ccc(CCS(=O)c2ccc3c(c2)CCC3)cc1. The third-order valence-corrected chi connectivity index (χ3v) is 5.24. The lowest BCUT2D eigenvalue weighted by Crippen LogP contribution is -2.02. The highest BCUT2D eigenvalue weighted by Crippen LogP contribution is 2.24. The van der Waals surface area contributed by atoms with Crippen LogP contribution in [0.25, 0.3) is 0 Å². The van der Waals surface area contributed by atoms with Crippen LogP contribution in [0.4, 0.5) is 5.69 Å². The zero-order chi connectivity index (χ0) is 13.9. The van der Waals surface area contributed by atoms with E-state index in [-0.39, 0.29) is 0 Å². The van der Waals surface area contributed by atoms with Crippen molar-refractivity contribution in [3.63, 3.8) is 0 Å². The second-order valence-electron chi connectivity index (χ2n) is 5.33. The maximum Gasteiger partial charge on any atom is 0.0532 e. The standard InChI is InChI=1S/C17H19NOS/c18-16-7-4-13(5-8-16)10-11-20(19)17-9-6-14-2-1-3-15(14)12-17/h4-9,12H,1-3,10-11,18H2. The van der Waals surface area contributed by atoms with E-state index in [4.69, 9.17) is 5.73 Å².